The maximum Gasteiger partial charge on any atom is 0.303 e. The van der Waals surface area contributed by atoms with Crippen LogP contribution in [0.4, 0.5) is 0 Å². The van der Waals surface area contributed by atoms with Crippen LogP contribution in [0.15, 0.2) is 0 Å². The van der Waals surface area contributed by atoms with Gasteiger partial charge in [-0.1, -0.05) is 0 Å². The summed E-state index contributed by atoms with van der Waals surface area (Å²) in [5.74, 6) is -0.425. The fourth-order valence-corrected chi connectivity index (χ4v) is 3.25. The van der Waals surface area contributed by atoms with Crippen molar-refractivity contribution >= 4 is 29.6 Å². The molecule has 5 N–H and O–H groups in total. The molecule has 10 nitrogen and oxygen atoms in total. The Balaban J connectivity index is 3.71. The van der Waals surface area contributed by atoms with Crippen LogP contribution in [0.5, 0.6) is 0 Å². The molecular weight excluding hydrogens is 426 g/mol. The Morgan fingerprint density at radius 2 is 1.52 bits per heavy atom. The van der Waals surface area contributed by atoms with Crippen molar-refractivity contribution in [1.29, 1.82) is 0 Å². The van der Waals surface area contributed by atoms with Crippen molar-refractivity contribution in [3.05, 3.63) is 0 Å². The Hall–Kier alpha value is -1.40. The van der Waals surface area contributed by atoms with E-state index in [1.807, 2.05) is 0 Å². The SMILES string of the molecule is CC(=O)OCC(CSCC(N)C(=O)NCCCOCCCCOCCCN)OC(C)=O. The first-order chi connectivity index (χ1) is 14.9. The predicted octanol–water partition coefficient (Wildman–Crippen LogP) is 0.210. The summed E-state index contributed by atoms with van der Waals surface area (Å²) < 4.78 is 20.9. The number of hydrogen-bond donors (Lipinski definition) is 3. The van der Waals surface area contributed by atoms with Crippen molar-refractivity contribution in [2.75, 3.05) is 57.6 Å². The molecule has 1 amide bonds. The van der Waals surface area contributed by atoms with Gasteiger partial charge in [0, 0.05) is 58.3 Å². The third-order valence-electron chi connectivity index (χ3n) is 3.83. The lowest BCUT2D eigenvalue weighted by atomic mass is 10.3. The number of unbranched alkanes of at least 4 members (excludes halogenated alkanes) is 1. The van der Waals surface area contributed by atoms with Gasteiger partial charge < -0.3 is 35.7 Å². The average molecular weight is 466 g/mol. The lowest BCUT2D eigenvalue weighted by Crippen LogP contribution is -2.43. The van der Waals surface area contributed by atoms with Crippen LogP contribution < -0.4 is 16.8 Å². The number of hydrogen-bond acceptors (Lipinski definition) is 10. The molecule has 0 spiro atoms. The quantitative estimate of drug-likeness (QED) is 0.168. The Kier molecular flexibility index (Phi) is 19.6. The summed E-state index contributed by atoms with van der Waals surface area (Å²) >= 11 is 1.36. The summed E-state index contributed by atoms with van der Waals surface area (Å²) in [6, 6.07) is -0.683. The maximum atomic E-state index is 12.0. The number of ether oxygens (including phenoxy) is 4. The van der Waals surface area contributed by atoms with Crippen LogP contribution in [0, 0.1) is 0 Å². The molecule has 0 aliphatic heterocycles. The highest BCUT2D eigenvalue weighted by molar-refractivity contribution is 7.99. The number of esters is 2. The van der Waals surface area contributed by atoms with E-state index in [1.54, 1.807) is 0 Å². The molecular formula is C20H39N3O7S. The zero-order valence-corrected chi connectivity index (χ0v) is 19.6. The number of nitrogens with one attached hydrogen (secondary N) is 1. The number of rotatable bonds is 20. The third-order valence-corrected chi connectivity index (χ3v) is 5.03. The molecule has 0 fully saturated rings. The molecule has 0 bridgehead atoms. The third kappa shape index (κ3) is 20.3. The molecule has 0 radical (unpaired) electrons. The van der Waals surface area contributed by atoms with Crippen LogP contribution in [0.25, 0.3) is 0 Å². The van der Waals surface area contributed by atoms with Crippen molar-refractivity contribution in [2.24, 2.45) is 11.5 Å². The van der Waals surface area contributed by atoms with Crippen molar-refractivity contribution in [1.82, 2.24) is 5.32 Å². The van der Waals surface area contributed by atoms with Crippen molar-refractivity contribution in [3.8, 4) is 0 Å². The Bertz CT molecular complexity index is 497. The summed E-state index contributed by atoms with van der Waals surface area (Å²) in [4.78, 5) is 34.0. The van der Waals surface area contributed by atoms with Gasteiger partial charge in [-0.3, -0.25) is 14.4 Å². The molecule has 0 saturated carbocycles. The van der Waals surface area contributed by atoms with E-state index in [4.69, 9.17) is 30.4 Å². The molecule has 0 aromatic heterocycles. The van der Waals surface area contributed by atoms with Crippen LogP contribution in [0.2, 0.25) is 0 Å². The molecule has 0 aliphatic rings. The number of amides is 1. The molecule has 182 valence electrons. The van der Waals surface area contributed by atoms with E-state index in [1.165, 1.54) is 25.6 Å². The van der Waals surface area contributed by atoms with Gasteiger partial charge in [0.05, 0.1) is 6.04 Å². The first-order valence-corrected chi connectivity index (χ1v) is 11.8. The molecule has 0 rings (SSSR count). The first kappa shape index (κ1) is 29.6. The average Bonchev–Trinajstić information content (AvgIpc) is 2.71. The van der Waals surface area contributed by atoms with Gasteiger partial charge in [-0.25, -0.2) is 0 Å². The number of carbonyl (C=O) groups is 3. The van der Waals surface area contributed by atoms with Gasteiger partial charge in [0.2, 0.25) is 5.91 Å². The fourth-order valence-electron chi connectivity index (χ4n) is 2.28. The van der Waals surface area contributed by atoms with E-state index < -0.39 is 24.1 Å². The zero-order chi connectivity index (χ0) is 23.3. The van der Waals surface area contributed by atoms with Crippen LogP contribution in [0.3, 0.4) is 0 Å². The first-order valence-electron chi connectivity index (χ1n) is 10.6. The maximum absolute atomic E-state index is 12.0. The molecule has 2 atom stereocenters. The second kappa shape index (κ2) is 20.5. The second-order valence-electron chi connectivity index (χ2n) is 6.90. The van der Waals surface area contributed by atoms with Crippen molar-refractivity contribution < 1.29 is 33.3 Å². The number of thioether (sulfide) groups is 1. The summed E-state index contributed by atoms with van der Waals surface area (Å²) in [5, 5.41) is 2.78. The zero-order valence-electron chi connectivity index (χ0n) is 18.8. The minimum Gasteiger partial charge on any atom is -0.462 e. The highest BCUT2D eigenvalue weighted by Gasteiger charge is 2.17. The Morgan fingerprint density at radius 1 is 0.903 bits per heavy atom. The molecule has 0 heterocycles. The largest absolute Gasteiger partial charge is 0.462 e. The summed E-state index contributed by atoms with van der Waals surface area (Å²) in [5.41, 5.74) is 11.3. The summed E-state index contributed by atoms with van der Waals surface area (Å²) in [6.45, 7) is 6.35. The number of carbonyl (C=O) groups excluding carboxylic acids is 3. The van der Waals surface area contributed by atoms with Gasteiger partial charge in [0.1, 0.15) is 12.7 Å². The fraction of sp³-hybridized carbons (Fsp3) is 0.850. The molecule has 0 aromatic carbocycles. The van der Waals surface area contributed by atoms with E-state index in [9.17, 15) is 14.4 Å². The van der Waals surface area contributed by atoms with Gasteiger partial charge in [-0.2, -0.15) is 11.8 Å². The highest BCUT2D eigenvalue weighted by atomic mass is 32.2. The van der Waals surface area contributed by atoms with Crippen LogP contribution in [-0.4, -0.2) is 87.6 Å². The smallest absolute Gasteiger partial charge is 0.303 e. The molecule has 11 heteroatoms. The van der Waals surface area contributed by atoms with Crippen LogP contribution in [0.1, 0.15) is 39.5 Å². The van der Waals surface area contributed by atoms with E-state index in [0.717, 1.165) is 25.9 Å². The topological polar surface area (TPSA) is 152 Å². The van der Waals surface area contributed by atoms with E-state index in [-0.39, 0.29) is 12.5 Å². The minimum atomic E-state index is -0.683. The minimum absolute atomic E-state index is 0.0232. The van der Waals surface area contributed by atoms with E-state index in [0.29, 0.717) is 50.8 Å². The van der Waals surface area contributed by atoms with Crippen molar-refractivity contribution in [3.63, 3.8) is 0 Å². The standard InChI is InChI=1S/C20H39N3O7S/c1-16(24)29-13-18(30-17(2)25)14-31-15-19(22)20(26)23-8-6-12-28-10-4-3-9-27-11-5-7-21/h18-19H,3-15,21-22H2,1-2H3,(H,23,26). The molecule has 0 saturated heterocycles. The number of nitrogens with two attached hydrogens (primary N) is 2. The van der Waals surface area contributed by atoms with Crippen molar-refractivity contribution in [2.45, 2.75) is 51.7 Å². The molecule has 0 aromatic rings. The molecule has 31 heavy (non-hydrogen) atoms. The predicted molar refractivity (Wildman–Crippen MR) is 120 cm³/mol. The summed E-state index contributed by atoms with van der Waals surface area (Å²) in [7, 11) is 0. The molecule has 0 aliphatic carbocycles. The monoisotopic (exact) mass is 465 g/mol. The van der Waals surface area contributed by atoms with Gasteiger partial charge in [-0.05, 0) is 32.2 Å². The van der Waals surface area contributed by atoms with Crippen LogP contribution >= 0.6 is 11.8 Å². The second-order valence-corrected chi connectivity index (χ2v) is 7.97. The van der Waals surface area contributed by atoms with E-state index in [2.05, 4.69) is 5.32 Å². The Morgan fingerprint density at radius 3 is 2.10 bits per heavy atom. The van der Waals surface area contributed by atoms with Crippen LogP contribution in [-0.2, 0) is 33.3 Å². The van der Waals surface area contributed by atoms with Gasteiger partial charge in [0.25, 0.3) is 0 Å². The normalized spacial score (nSPS) is 12.8. The molecule has 2 unspecified atom stereocenters. The highest BCUT2D eigenvalue weighted by Crippen LogP contribution is 2.09. The van der Waals surface area contributed by atoms with Gasteiger partial charge in [-0.15, -0.1) is 0 Å². The lowest BCUT2D eigenvalue weighted by Gasteiger charge is -2.17. The summed E-state index contributed by atoms with van der Waals surface area (Å²) in [6.07, 6.45) is 2.90. The van der Waals surface area contributed by atoms with E-state index >= 15 is 0 Å². The van der Waals surface area contributed by atoms with Gasteiger partial charge in [0.15, 0.2) is 0 Å². The lowest BCUT2D eigenvalue weighted by molar-refractivity contribution is -0.154. The Labute approximate surface area is 189 Å². The van der Waals surface area contributed by atoms with Gasteiger partial charge >= 0.3 is 11.9 Å².